The van der Waals surface area contributed by atoms with Crippen molar-refractivity contribution in [3.05, 3.63) is 24.2 Å². The maximum Gasteiger partial charge on any atom is 0.188 e. The molecule has 88 valence electrons. The predicted octanol–water partition coefficient (Wildman–Crippen LogP) is 0.554. The molecule has 0 bridgehead atoms. The predicted molar refractivity (Wildman–Crippen MR) is 60.9 cm³/mol. The van der Waals surface area contributed by atoms with Crippen molar-refractivity contribution in [3.8, 4) is 0 Å². The van der Waals surface area contributed by atoms with Gasteiger partial charge in [0, 0.05) is 6.04 Å². The van der Waals surface area contributed by atoms with E-state index in [2.05, 4.69) is 10.3 Å². The molecule has 0 amide bonds. The van der Waals surface area contributed by atoms with Gasteiger partial charge in [0.15, 0.2) is 5.96 Å². The fourth-order valence-corrected chi connectivity index (χ4v) is 1.38. The first-order valence-electron chi connectivity index (χ1n) is 5.41. The van der Waals surface area contributed by atoms with Crippen molar-refractivity contribution in [2.45, 2.75) is 31.4 Å². The molecule has 1 fully saturated rings. The number of aliphatic imine (C=N–C) groups is 1. The molecule has 5 nitrogen and oxygen atoms in total. The fraction of sp³-hybridized carbons (Fsp3) is 0.545. The fourth-order valence-electron chi connectivity index (χ4n) is 1.38. The van der Waals surface area contributed by atoms with Crippen molar-refractivity contribution < 1.29 is 9.52 Å². The average Bonchev–Trinajstić information content (AvgIpc) is 2.86. The molecule has 5 heteroatoms. The molecule has 1 aromatic heterocycles. The van der Waals surface area contributed by atoms with Crippen LogP contribution in [0, 0.1) is 0 Å². The van der Waals surface area contributed by atoms with Gasteiger partial charge in [0.05, 0.1) is 12.8 Å². The lowest BCUT2D eigenvalue weighted by atomic mass is 10.0. The Labute approximate surface area is 94.4 Å². The van der Waals surface area contributed by atoms with Gasteiger partial charge in [-0.25, -0.2) is 4.99 Å². The molecule has 0 saturated heterocycles. The van der Waals surface area contributed by atoms with Crippen LogP contribution < -0.4 is 11.1 Å². The third-order valence-corrected chi connectivity index (χ3v) is 2.54. The van der Waals surface area contributed by atoms with Crippen LogP contribution in [-0.2, 0) is 5.60 Å². The summed E-state index contributed by atoms with van der Waals surface area (Å²) in [7, 11) is 0. The van der Waals surface area contributed by atoms with Gasteiger partial charge >= 0.3 is 0 Å². The molecule has 1 unspecified atom stereocenters. The van der Waals surface area contributed by atoms with E-state index in [4.69, 9.17) is 10.2 Å². The van der Waals surface area contributed by atoms with Crippen LogP contribution in [0.1, 0.15) is 25.5 Å². The number of hydrogen-bond acceptors (Lipinski definition) is 3. The Balaban J connectivity index is 1.92. The summed E-state index contributed by atoms with van der Waals surface area (Å²) in [5.74, 6) is 0.879. The summed E-state index contributed by atoms with van der Waals surface area (Å²) in [4.78, 5) is 4.11. The van der Waals surface area contributed by atoms with Crippen LogP contribution in [0.3, 0.4) is 0 Å². The van der Waals surface area contributed by atoms with Gasteiger partial charge in [0.1, 0.15) is 11.4 Å². The zero-order chi connectivity index (χ0) is 11.6. The van der Waals surface area contributed by atoms with E-state index >= 15 is 0 Å². The normalized spacial score (nSPS) is 20.5. The molecule has 1 aliphatic carbocycles. The zero-order valence-corrected chi connectivity index (χ0v) is 9.31. The molecule has 0 aromatic carbocycles. The van der Waals surface area contributed by atoms with Crippen molar-refractivity contribution in [2.24, 2.45) is 10.7 Å². The lowest BCUT2D eigenvalue weighted by Crippen LogP contribution is -2.35. The maximum atomic E-state index is 10.1. The average molecular weight is 223 g/mol. The van der Waals surface area contributed by atoms with Gasteiger partial charge in [-0.2, -0.15) is 0 Å². The lowest BCUT2D eigenvalue weighted by Gasteiger charge is -2.18. The third kappa shape index (κ3) is 2.76. The van der Waals surface area contributed by atoms with E-state index in [1.165, 1.54) is 6.26 Å². The molecule has 16 heavy (non-hydrogen) atoms. The van der Waals surface area contributed by atoms with Crippen LogP contribution in [0.25, 0.3) is 0 Å². The van der Waals surface area contributed by atoms with E-state index in [-0.39, 0.29) is 6.54 Å². The Morgan fingerprint density at radius 2 is 2.50 bits per heavy atom. The number of rotatable bonds is 4. The van der Waals surface area contributed by atoms with Crippen molar-refractivity contribution >= 4 is 5.96 Å². The Morgan fingerprint density at radius 3 is 3.06 bits per heavy atom. The summed E-state index contributed by atoms with van der Waals surface area (Å²) in [6.45, 7) is 1.84. The number of guanidine groups is 1. The summed E-state index contributed by atoms with van der Waals surface area (Å²) in [5, 5.41) is 13.1. The first-order valence-corrected chi connectivity index (χ1v) is 5.41. The molecule has 1 aromatic rings. The highest BCUT2D eigenvalue weighted by molar-refractivity contribution is 5.78. The largest absolute Gasteiger partial charge is 0.466 e. The van der Waals surface area contributed by atoms with Gasteiger partial charge in [0.25, 0.3) is 0 Å². The first-order chi connectivity index (χ1) is 7.58. The SMILES string of the molecule is CC(O)(CN=C(N)NC1CC1)c1ccco1. The molecule has 1 heterocycles. The zero-order valence-electron chi connectivity index (χ0n) is 9.31. The number of nitrogens with two attached hydrogens (primary N) is 1. The van der Waals surface area contributed by atoms with Crippen LogP contribution >= 0.6 is 0 Å². The molecule has 0 spiro atoms. The molecule has 0 radical (unpaired) electrons. The van der Waals surface area contributed by atoms with Crippen LogP contribution in [0.15, 0.2) is 27.8 Å². The molecule has 1 atom stereocenters. The molecule has 1 saturated carbocycles. The lowest BCUT2D eigenvalue weighted by molar-refractivity contribution is 0.0437. The first kappa shape index (κ1) is 11.0. The Kier molecular flexibility index (Phi) is 2.87. The quantitative estimate of drug-likeness (QED) is 0.514. The third-order valence-electron chi connectivity index (χ3n) is 2.54. The topological polar surface area (TPSA) is 83.8 Å². The van der Waals surface area contributed by atoms with Crippen molar-refractivity contribution in [3.63, 3.8) is 0 Å². The minimum atomic E-state index is -1.11. The number of nitrogens with zero attached hydrogens (tertiary/aromatic N) is 1. The van der Waals surface area contributed by atoms with E-state index < -0.39 is 5.60 Å². The molecular weight excluding hydrogens is 206 g/mol. The standard InChI is InChI=1S/C11H17N3O2/c1-11(15,9-3-2-6-16-9)7-13-10(12)14-8-4-5-8/h2-3,6,8,15H,4-5,7H2,1H3,(H3,12,13,14). The smallest absolute Gasteiger partial charge is 0.188 e. The number of nitrogens with one attached hydrogen (secondary N) is 1. The Morgan fingerprint density at radius 1 is 1.75 bits per heavy atom. The maximum absolute atomic E-state index is 10.1. The monoisotopic (exact) mass is 223 g/mol. The summed E-state index contributed by atoms with van der Waals surface area (Å²) in [5.41, 5.74) is 4.56. The van der Waals surface area contributed by atoms with Crippen LogP contribution in [0.2, 0.25) is 0 Å². The molecular formula is C11H17N3O2. The number of hydrogen-bond donors (Lipinski definition) is 3. The van der Waals surface area contributed by atoms with Crippen LogP contribution in [0.5, 0.6) is 0 Å². The Hall–Kier alpha value is -1.49. The van der Waals surface area contributed by atoms with Gasteiger partial charge in [-0.15, -0.1) is 0 Å². The highest BCUT2D eigenvalue weighted by Crippen LogP contribution is 2.21. The minimum Gasteiger partial charge on any atom is -0.466 e. The molecule has 0 aliphatic heterocycles. The van der Waals surface area contributed by atoms with Gasteiger partial charge < -0.3 is 20.6 Å². The molecule has 1 aliphatic rings. The van der Waals surface area contributed by atoms with Crippen LogP contribution in [0.4, 0.5) is 0 Å². The van der Waals surface area contributed by atoms with Gasteiger partial charge in [-0.05, 0) is 31.9 Å². The van der Waals surface area contributed by atoms with Crippen LogP contribution in [-0.4, -0.2) is 23.7 Å². The van der Waals surface area contributed by atoms with E-state index in [1.54, 1.807) is 19.1 Å². The molecule has 4 N–H and O–H groups in total. The van der Waals surface area contributed by atoms with Crippen molar-refractivity contribution in [1.29, 1.82) is 0 Å². The van der Waals surface area contributed by atoms with E-state index in [0.717, 1.165) is 12.8 Å². The summed E-state index contributed by atoms with van der Waals surface area (Å²) >= 11 is 0. The minimum absolute atomic E-state index is 0.187. The van der Waals surface area contributed by atoms with Gasteiger partial charge in [0.2, 0.25) is 0 Å². The summed E-state index contributed by atoms with van der Waals surface area (Å²) < 4.78 is 5.14. The second-order valence-electron chi connectivity index (χ2n) is 4.37. The second kappa shape index (κ2) is 4.17. The number of furan rings is 1. The summed E-state index contributed by atoms with van der Waals surface area (Å²) in [6, 6.07) is 3.93. The second-order valence-corrected chi connectivity index (χ2v) is 4.37. The van der Waals surface area contributed by atoms with Crippen molar-refractivity contribution in [1.82, 2.24) is 5.32 Å². The Bertz CT molecular complexity index is 367. The van der Waals surface area contributed by atoms with E-state index in [0.29, 0.717) is 17.8 Å². The van der Waals surface area contributed by atoms with Gasteiger partial charge in [-0.3, -0.25) is 0 Å². The van der Waals surface area contributed by atoms with E-state index in [1.807, 2.05) is 0 Å². The molecule has 2 rings (SSSR count). The van der Waals surface area contributed by atoms with Gasteiger partial charge in [-0.1, -0.05) is 0 Å². The van der Waals surface area contributed by atoms with E-state index in [9.17, 15) is 5.11 Å². The highest BCUT2D eigenvalue weighted by Gasteiger charge is 2.26. The highest BCUT2D eigenvalue weighted by atomic mass is 16.4. The van der Waals surface area contributed by atoms with Crippen molar-refractivity contribution in [2.75, 3.05) is 6.54 Å². The number of aliphatic hydroxyl groups is 1. The summed E-state index contributed by atoms with van der Waals surface area (Å²) in [6.07, 6.45) is 3.81.